The quantitative estimate of drug-likeness (QED) is 0.209. The van der Waals surface area contributed by atoms with Crippen molar-refractivity contribution in [2.24, 2.45) is 0 Å². The fourth-order valence-electron chi connectivity index (χ4n) is 5.62. The molecule has 8 aromatic rings. The van der Waals surface area contributed by atoms with E-state index in [0.29, 0.717) is 27.5 Å². The lowest BCUT2D eigenvalue weighted by atomic mass is 9.85. The van der Waals surface area contributed by atoms with E-state index in [0.717, 1.165) is 11.1 Å². The van der Waals surface area contributed by atoms with Gasteiger partial charge >= 0.3 is 0 Å². The predicted molar refractivity (Wildman–Crippen MR) is 169 cm³/mol. The van der Waals surface area contributed by atoms with Gasteiger partial charge in [-0.1, -0.05) is 133 Å². The lowest BCUT2D eigenvalue weighted by molar-refractivity contribution is 0.669. The van der Waals surface area contributed by atoms with Gasteiger partial charge in [-0.3, -0.25) is 0 Å². The van der Waals surface area contributed by atoms with E-state index in [1.165, 1.54) is 0 Å². The van der Waals surface area contributed by atoms with Gasteiger partial charge < -0.3 is 4.42 Å². The first-order valence-electron chi connectivity index (χ1n) is 19.3. The zero-order valence-electron chi connectivity index (χ0n) is 34.0. The molecule has 1 heterocycles. The molecule has 0 spiro atoms. The largest absolute Gasteiger partial charge is 0.456 e. The molecule has 1 heteroatoms. The Kier molecular flexibility index (Phi) is 3.07. The van der Waals surface area contributed by atoms with Crippen LogP contribution in [0.15, 0.2) is 150 Å². The number of hydrogen-bond donors (Lipinski definition) is 0. The van der Waals surface area contributed by atoms with Crippen LogP contribution in [-0.4, -0.2) is 0 Å². The van der Waals surface area contributed by atoms with Crippen molar-refractivity contribution in [1.82, 2.24) is 0 Å². The van der Waals surface area contributed by atoms with E-state index >= 15 is 0 Å². The Labute approximate surface area is 251 Å². The average Bonchev–Trinajstić information content (AvgIpc) is 3.56. The molecule has 1 nitrogen and oxygen atoms in total. The van der Waals surface area contributed by atoms with Gasteiger partial charge in [-0.25, -0.2) is 0 Å². The second-order valence-electron chi connectivity index (χ2n) is 9.46. The summed E-state index contributed by atoms with van der Waals surface area (Å²) in [5.74, 6) is 0. The van der Waals surface area contributed by atoms with Crippen LogP contribution in [0, 0.1) is 0 Å². The number of rotatable bonds is 4. The Hall–Kier alpha value is -5.14. The summed E-state index contributed by atoms with van der Waals surface area (Å²) in [5.41, 5.74) is 2.95. The third-order valence-electron chi connectivity index (χ3n) is 7.26. The van der Waals surface area contributed by atoms with E-state index in [9.17, 15) is 5.48 Å². The Morgan fingerprint density at radius 1 is 0.500 bits per heavy atom. The molecule has 8 rings (SSSR count). The Bertz CT molecular complexity index is 2790. The van der Waals surface area contributed by atoms with Crippen LogP contribution >= 0.6 is 0 Å². The summed E-state index contributed by atoms with van der Waals surface area (Å²) in [6.07, 6.45) is -0.496. The van der Waals surface area contributed by atoms with E-state index < -0.39 is 85.0 Å². The molecule has 0 atom stereocenters. The molecule has 0 saturated carbocycles. The normalized spacial score (nSPS) is 16.1. The molecule has 0 amide bonds. The minimum atomic E-state index is -0.618. The molecule has 7 aromatic carbocycles. The van der Waals surface area contributed by atoms with Gasteiger partial charge in [0.25, 0.3) is 0 Å². The van der Waals surface area contributed by atoms with Crippen LogP contribution < -0.4 is 0 Å². The summed E-state index contributed by atoms with van der Waals surface area (Å²) in [7, 11) is 0. The molecule has 0 aliphatic rings. The third kappa shape index (κ3) is 3.56. The van der Waals surface area contributed by atoms with Crippen LogP contribution in [-0.2, 0) is 6.42 Å². The molecule has 188 valence electrons. The second kappa shape index (κ2) is 9.25. The van der Waals surface area contributed by atoms with Crippen LogP contribution in [0.1, 0.15) is 28.9 Å². The molecular formula is C39H26O. The smallest absolute Gasteiger partial charge is 0.136 e. The molecular weight excluding hydrogens is 484 g/mol. The second-order valence-corrected chi connectivity index (χ2v) is 9.46. The lowest BCUT2D eigenvalue weighted by Gasteiger charge is -2.18. The summed E-state index contributed by atoms with van der Waals surface area (Å²) >= 11 is 0. The average molecular weight is 524 g/mol. The molecule has 0 aliphatic heterocycles. The topological polar surface area (TPSA) is 13.1 Å². The molecule has 0 fully saturated rings. The van der Waals surface area contributed by atoms with Crippen molar-refractivity contribution in [2.75, 3.05) is 0 Å². The maximum absolute atomic E-state index is 9.31. The minimum absolute atomic E-state index is 0.0227. The zero-order valence-corrected chi connectivity index (χ0v) is 21.0. The van der Waals surface area contributed by atoms with Crippen LogP contribution in [0.5, 0.6) is 0 Å². The zero-order chi connectivity index (χ0) is 37.8. The van der Waals surface area contributed by atoms with Gasteiger partial charge in [0.1, 0.15) is 11.2 Å². The van der Waals surface area contributed by atoms with Gasteiger partial charge in [-0.2, -0.15) is 0 Å². The van der Waals surface area contributed by atoms with E-state index in [4.69, 9.17) is 16.8 Å². The van der Waals surface area contributed by atoms with Gasteiger partial charge in [0.05, 0.1) is 17.8 Å². The number of furan rings is 1. The monoisotopic (exact) mass is 523 g/mol. The van der Waals surface area contributed by atoms with Crippen LogP contribution in [0.25, 0.3) is 65.7 Å². The molecule has 0 unspecified atom stereocenters. The molecule has 0 bridgehead atoms. The Morgan fingerprint density at radius 2 is 1.05 bits per heavy atom. The van der Waals surface area contributed by atoms with E-state index in [1.807, 2.05) is 48.5 Å². The van der Waals surface area contributed by atoms with E-state index in [1.54, 1.807) is 18.2 Å². The summed E-state index contributed by atoms with van der Waals surface area (Å²) in [4.78, 5) is 0. The SMILES string of the molecule is [2H]c1c([2H])c([2H])c(Cc2c3c([2H])c([2H])c([2H])c([2H])c3c(-c3cccc4oc5cccc(-c6ccccc6)c5c34)c3c([2H])c([2H])c([2H])c([2H])c23)c([2H])c1[2H]. The van der Waals surface area contributed by atoms with Crippen molar-refractivity contribution in [3.05, 3.63) is 156 Å². The van der Waals surface area contributed by atoms with Crippen molar-refractivity contribution < 1.29 is 22.2 Å². The third-order valence-corrected chi connectivity index (χ3v) is 7.26. The maximum Gasteiger partial charge on any atom is 0.136 e. The molecule has 0 saturated heterocycles. The highest BCUT2D eigenvalue weighted by molar-refractivity contribution is 6.24. The molecule has 40 heavy (non-hydrogen) atoms. The summed E-state index contributed by atoms with van der Waals surface area (Å²) in [6, 6.07) is 13.2. The van der Waals surface area contributed by atoms with Crippen LogP contribution in [0.2, 0.25) is 0 Å². The first-order valence-corrected chi connectivity index (χ1v) is 12.8. The van der Waals surface area contributed by atoms with Crippen molar-refractivity contribution in [1.29, 1.82) is 0 Å². The number of hydrogen-bond acceptors (Lipinski definition) is 1. The van der Waals surface area contributed by atoms with Crippen molar-refractivity contribution in [3.63, 3.8) is 0 Å². The van der Waals surface area contributed by atoms with Crippen LogP contribution in [0.4, 0.5) is 0 Å². The van der Waals surface area contributed by atoms with E-state index in [-0.39, 0.29) is 38.2 Å². The van der Waals surface area contributed by atoms with Gasteiger partial charge in [-0.05, 0) is 73.5 Å². The highest BCUT2D eigenvalue weighted by Gasteiger charge is 2.21. The number of fused-ring (bicyclic) bond motifs is 5. The number of benzene rings is 7. The van der Waals surface area contributed by atoms with Crippen molar-refractivity contribution in [3.8, 4) is 22.3 Å². The maximum atomic E-state index is 9.31. The van der Waals surface area contributed by atoms with Crippen LogP contribution in [0.3, 0.4) is 0 Å². The first kappa shape index (κ1) is 13.3. The van der Waals surface area contributed by atoms with Crippen molar-refractivity contribution >= 4 is 43.5 Å². The molecule has 0 N–H and O–H groups in total. The predicted octanol–water partition coefficient (Wildman–Crippen LogP) is 10.8. The van der Waals surface area contributed by atoms with E-state index in [2.05, 4.69) is 0 Å². The molecule has 0 radical (unpaired) electrons. The summed E-state index contributed by atoms with van der Waals surface area (Å²) in [6.45, 7) is 0. The first-order chi connectivity index (χ1) is 25.3. The fourth-order valence-corrected chi connectivity index (χ4v) is 5.62. The highest BCUT2D eigenvalue weighted by atomic mass is 16.3. The van der Waals surface area contributed by atoms with Crippen molar-refractivity contribution in [2.45, 2.75) is 6.42 Å². The lowest BCUT2D eigenvalue weighted by Crippen LogP contribution is -1.95. The van der Waals surface area contributed by atoms with Gasteiger partial charge in [0.2, 0.25) is 0 Å². The highest BCUT2D eigenvalue weighted by Crippen LogP contribution is 2.46. The Morgan fingerprint density at radius 3 is 1.70 bits per heavy atom. The summed E-state index contributed by atoms with van der Waals surface area (Å²) in [5, 5.41) is 0.968. The van der Waals surface area contributed by atoms with Gasteiger partial charge in [0.15, 0.2) is 0 Å². The molecule has 0 aliphatic carbocycles. The molecule has 1 aromatic heterocycles. The van der Waals surface area contributed by atoms with Gasteiger partial charge in [0, 0.05) is 10.8 Å². The minimum Gasteiger partial charge on any atom is -0.456 e. The fraction of sp³-hybridized carbons (Fsp3) is 0.0256. The Balaban J connectivity index is 1.65. The summed E-state index contributed by atoms with van der Waals surface area (Å²) < 4.78 is 120. The van der Waals surface area contributed by atoms with Gasteiger partial charge in [-0.15, -0.1) is 0 Å². The standard InChI is InChI=1S/C39H26O/c1-3-13-26(14-4-1)25-34-29-17-7-9-19-31(29)37(32-20-10-8-18-30(32)34)33-22-12-24-36-39(33)38-28(21-11-23-35(38)40-36)27-15-5-2-6-16-27/h1-24H,25H2/i1D,3D,4D,7D,8D,9D,10D,13D,14D,17D,18D,19D,20D.